The summed E-state index contributed by atoms with van der Waals surface area (Å²) in [5.41, 5.74) is 2.61. The highest BCUT2D eigenvalue weighted by Gasteiger charge is 2.36. The molecule has 1 aliphatic heterocycles. The number of benzene rings is 2. The van der Waals surface area contributed by atoms with Gasteiger partial charge in [0.15, 0.2) is 0 Å². The van der Waals surface area contributed by atoms with Gasteiger partial charge < -0.3 is 5.32 Å². The van der Waals surface area contributed by atoms with Gasteiger partial charge in [-0.1, -0.05) is 30.3 Å². The largest absolute Gasteiger partial charge is 0.325 e. The van der Waals surface area contributed by atoms with Gasteiger partial charge in [-0.15, -0.1) is 0 Å². The Morgan fingerprint density at radius 3 is 2.52 bits per heavy atom. The molecular weight excluding hydrogens is 343 g/mol. The van der Waals surface area contributed by atoms with Crippen LogP contribution in [0.15, 0.2) is 42.5 Å². The summed E-state index contributed by atoms with van der Waals surface area (Å²) in [5, 5.41) is 2.63. The van der Waals surface area contributed by atoms with Crippen LogP contribution in [0.5, 0.6) is 0 Å². The van der Waals surface area contributed by atoms with Crippen molar-refractivity contribution in [3.63, 3.8) is 0 Å². The number of rotatable bonds is 3. The van der Waals surface area contributed by atoms with E-state index in [0.29, 0.717) is 11.3 Å². The van der Waals surface area contributed by atoms with Crippen molar-refractivity contribution < 1.29 is 17.6 Å². The Hall–Kier alpha value is -2.25. The molecule has 0 spiro atoms. The van der Waals surface area contributed by atoms with Crippen molar-refractivity contribution in [2.45, 2.75) is 25.9 Å². The maximum atomic E-state index is 13.7. The van der Waals surface area contributed by atoms with Gasteiger partial charge in [-0.2, -0.15) is 4.31 Å². The monoisotopic (exact) mass is 362 g/mol. The molecule has 1 heterocycles. The third kappa shape index (κ3) is 3.72. The van der Waals surface area contributed by atoms with Crippen molar-refractivity contribution in [3.05, 3.63) is 65.0 Å². The lowest BCUT2D eigenvalue weighted by atomic mass is 9.95. The molecule has 7 heteroatoms. The second-order valence-corrected chi connectivity index (χ2v) is 8.19. The lowest BCUT2D eigenvalue weighted by molar-refractivity contribution is -0.120. The fourth-order valence-corrected chi connectivity index (χ4v) is 3.97. The van der Waals surface area contributed by atoms with Crippen LogP contribution in [0, 0.1) is 12.7 Å². The number of amides is 1. The average Bonchev–Trinajstić information content (AvgIpc) is 2.56. The van der Waals surface area contributed by atoms with Gasteiger partial charge >= 0.3 is 0 Å². The first-order chi connectivity index (χ1) is 11.8. The molecule has 0 aromatic heterocycles. The fraction of sp³-hybridized carbons (Fsp3) is 0.278. The van der Waals surface area contributed by atoms with E-state index in [1.807, 2.05) is 24.3 Å². The zero-order valence-corrected chi connectivity index (χ0v) is 14.8. The quantitative estimate of drug-likeness (QED) is 0.912. The second-order valence-electron chi connectivity index (χ2n) is 6.25. The van der Waals surface area contributed by atoms with Crippen LogP contribution in [0.4, 0.5) is 10.1 Å². The second kappa shape index (κ2) is 6.57. The van der Waals surface area contributed by atoms with E-state index >= 15 is 0 Å². The number of anilines is 1. The van der Waals surface area contributed by atoms with Crippen molar-refractivity contribution in [1.82, 2.24) is 4.31 Å². The molecule has 1 atom stereocenters. The van der Waals surface area contributed by atoms with Gasteiger partial charge in [0.2, 0.25) is 15.9 Å². The minimum atomic E-state index is -3.57. The summed E-state index contributed by atoms with van der Waals surface area (Å²) in [6, 6.07) is 11.0. The summed E-state index contributed by atoms with van der Waals surface area (Å²) in [6.07, 6.45) is 1.37. The van der Waals surface area contributed by atoms with Crippen LogP contribution in [-0.4, -0.2) is 30.9 Å². The predicted molar refractivity (Wildman–Crippen MR) is 94.1 cm³/mol. The van der Waals surface area contributed by atoms with E-state index in [2.05, 4.69) is 5.32 Å². The molecule has 2 aromatic rings. The van der Waals surface area contributed by atoms with E-state index in [-0.39, 0.29) is 13.0 Å². The molecule has 1 amide bonds. The molecule has 0 radical (unpaired) electrons. The van der Waals surface area contributed by atoms with Crippen molar-refractivity contribution in [1.29, 1.82) is 0 Å². The molecule has 0 aliphatic carbocycles. The standard InChI is InChI=1S/C18H19FN2O3S/c1-12-7-8-15(10-16(12)19)20-18(22)17-9-13-5-3-4-6-14(13)11-21(17)25(2,23)24/h3-8,10,17H,9,11H2,1-2H3,(H,20,22). The average molecular weight is 362 g/mol. The third-order valence-corrected chi connectivity index (χ3v) is 5.61. The first-order valence-corrected chi connectivity index (χ1v) is 9.71. The summed E-state index contributed by atoms with van der Waals surface area (Å²) >= 11 is 0. The van der Waals surface area contributed by atoms with Crippen LogP contribution < -0.4 is 5.32 Å². The first-order valence-electron chi connectivity index (χ1n) is 7.86. The van der Waals surface area contributed by atoms with Crippen molar-refractivity contribution >= 4 is 21.6 Å². The van der Waals surface area contributed by atoms with Gasteiger partial charge in [-0.3, -0.25) is 4.79 Å². The summed E-state index contributed by atoms with van der Waals surface area (Å²) in [6.45, 7) is 1.78. The minimum absolute atomic E-state index is 0.148. The van der Waals surface area contributed by atoms with E-state index in [0.717, 1.165) is 17.4 Å². The van der Waals surface area contributed by atoms with Crippen LogP contribution in [-0.2, 0) is 27.8 Å². The molecule has 3 rings (SSSR count). The fourth-order valence-electron chi connectivity index (χ4n) is 2.97. The Bertz CT molecular complexity index is 928. The number of fused-ring (bicyclic) bond motifs is 1. The summed E-state index contributed by atoms with van der Waals surface area (Å²) < 4.78 is 39.2. The highest BCUT2D eigenvalue weighted by molar-refractivity contribution is 7.88. The number of nitrogens with zero attached hydrogens (tertiary/aromatic N) is 1. The normalized spacial score (nSPS) is 17.8. The van der Waals surface area contributed by atoms with Gasteiger partial charge in [-0.05, 0) is 42.2 Å². The van der Waals surface area contributed by atoms with E-state index in [1.165, 1.54) is 10.4 Å². The number of aryl methyl sites for hydroxylation is 1. The maximum Gasteiger partial charge on any atom is 0.243 e. The molecule has 0 saturated heterocycles. The number of carbonyl (C=O) groups excluding carboxylic acids is 1. The lowest BCUT2D eigenvalue weighted by Gasteiger charge is -2.34. The van der Waals surface area contributed by atoms with Gasteiger partial charge in [0.1, 0.15) is 11.9 Å². The Kier molecular flexibility index (Phi) is 4.62. The number of carbonyl (C=O) groups is 1. The molecule has 1 N–H and O–H groups in total. The molecule has 0 fully saturated rings. The van der Waals surface area contributed by atoms with Crippen LogP contribution in [0.3, 0.4) is 0 Å². The minimum Gasteiger partial charge on any atom is -0.325 e. The molecule has 132 valence electrons. The number of hydrogen-bond donors (Lipinski definition) is 1. The number of halogens is 1. The molecule has 0 saturated carbocycles. The van der Waals surface area contributed by atoms with Crippen molar-refractivity contribution in [2.75, 3.05) is 11.6 Å². The van der Waals surface area contributed by atoms with Crippen LogP contribution in [0.25, 0.3) is 0 Å². The smallest absolute Gasteiger partial charge is 0.243 e. The van der Waals surface area contributed by atoms with Gasteiger partial charge in [-0.25, -0.2) is 12.8 Å². The Balaban J connectivity index is 1.89. The number of sulfonamides is 1. The molecule has 1 aliphatic rings. The van der Waals surface area contributed by atoms with E-state index in [4.69, 9.17) is 0 Å². The summed E-state index contributed by atoms with van der Waals surface area (Å²) in [4.78, 5) is 12.7. The van der Waals surface area contributed by atoms with Crippen LogP contribution in [0.1, 0.15) is 16.7 Å². The molecule has 0 bridgehead atoms. The third-order valence-electron chi connectivity index (χ3n) is 4.37. The topological polar surface area (TPSA) is 66.5 Å². The Labute approximate surface area is 146 Å². The van der Waals surface area contributed by atoms with E-state index in [1.54, 1.807) is 19.1 Å². The van der Waals surface area contributed by atoms with Crippen LogP contribution >= 0.6 is 0 Å². The van der Waals surface area contributed by atoms with E-state index in [9.17, 15) is 17.6 Å². The highest BCUT2D eigenvalue weighted by Crippen LogP contribution is 2.26. The molecular formula is C18H19FN2O3S. The zero-order valence-electron chi connectivity index (χ0n) is 14.0. The Morgan fingerprint density at radius 2 is 1.88 bits per heavy atom. The van der Waals surface area contributed by atoms with Crippen LogP contribution in [0.2, 0.25) is 0 Å². The van der Waals surface area contributed by atoms with Gasteiger partial charge in [0.05, 0.1) is 6.26 Å². The molecule has 25 heavy (non-hydrogen) atoms. The zero-order chi connectivity index (χ0) is 18.2. The van der Waals surface area contributed by atoms with Crippen molar-refractivity contribution in [3.8, 4) is 0 Å². The van der Waals surface area contributed by atoms with E-state index < -0.39 is 27.8 Å². The van der Waals surface area contributed by atoms with Gasteiger partial charge in [0, 0.05) is 12.2 Å². The number of nitrogens with one attached hydrogen (secondary N) is 1. The first kappa shape index (κ1) is 17.6. The SMILES string of the molecule is Cc1ccc(NC(=O)C2Cc3ccccc3CN2S(C)(=O)=O)cc1F. The van der Waals surface area contributed by atoms with Crippen molar-refractivity contribution in [2.24, 2.45) is 0 Å². The summed E-state index contributed by atoms with van der Waals surface area (Å²) in [5.74, 6) is -0.894. The molecule has 1 unspecified atom stereocenters. The lowest BCUT2D eigenvalue weighted by Crippen LogP contribution is -2.50. The highest BCUT2D eigenvalue weighted by atomic mass is 32.2. The number of hydrogen-bond acceptors (Lipinski definition) is 3. The maximum absolute atomic E-state index is 13.7. The molecule has 2 aromatic carbocycles. The Morgan fingerprint density at radius 1 is 1.20 bits per heavy atom. The predicted octanol–water partition coefficient (Wildman–Crippen LogP) is 2.46. The van der Waals surface area contributed by atoms with Gasteiger partial charge in [0.25, 0.3) is 0 Å². The summed E-state index contributed by atoms with van der Waals surface area (Å²) in [7, 11) is -3.57. The molecule has 5 nitrogen and oxygen atoms in total.